The normalized spacial score (nSPS) is 11.6. The molecule has 1 heterocycles. The Morgan fingerprint density at radius 1 is 1.26 bits per heavy atom. The Bertz CT molecular complexity index is 516. The maximum Gasteiger partial charge on any atom is 0.0483 e. The number of rotatable bonds is 7. The number of benzene rings is 1. The summed E-state index contributed by atoms with van der Waals surface area (Å²) in [5, 5.41) is 4.82. The van der Waals surface area contributed by atoms with Gasteiger partial charge in [0, 0.05) is 30.8 Å². The van der Waals surface area contributed by atoms with Crippen LogP contribution in [0, 0.1) is 0 Å². The highest BCUT2D eigenvalue weighted by molar-refractivity contribution is 7.98. The van der Waals surface area contributed by atoms with Crippen LogP contribution < -0.4 is 5.32 Å². The lowest BCUT2D eigenvalue weighted by molar-refractivity contribution is 0.589. The summed E-state index contributed by atoms with van der Waals surface area (Å²) in [6.45, 7) is 6.43. The van der Waals surface area contributed by atoms with Crippen molar-refractivity contribution in [2.45, 2.75) is 39.4 Å². The standard InChI is InChI=1S/C16H24N2S/c1-13(2)17-12-14-5-6-15-7-9-18(16(15)11-14)8-4-10-19-3/h5-7,9,11,13,17H,4,8,10,12H2,1-3H3. The zero-order chi connectivity index (χ0) is 13.7. The highest BCUT2D eigenvalue weighted by atomic mass is 32.2. The Labute approximate surface area is 120 Å². The Hall–Kier alpha value is -0.930. The zero-order valence-corrected chi connectivity index (χ0v) is 13.0. The van der Waals surface area contributed by atoms with Gasteiger partial charge in [0.1, 0.15) is 0 Å². The van der Waals surface area contributed by atoms with Gasteiger partial charge in [0.15, 0.2) is 0 Å². The van der Waals surface area contributed by atoms with E-state index in [0.717, 1.165) is 13.1 Å². The molecule has 1 aromatic carbocycles. The van der Waals surface area contributed by atoms with Gasteiger partial charge in [-0.05, 0) is 41.5 Å². The smallest absolute Gasteiger partial charge is 0.0483 e. The molecule has 0 aliphatic carbocycles. The van der Waals surface area contributed by atoms with Gasteiger partial charge in [0.05, 0.1) is 0 Å². The third-order valence-electron chi connectivity index (χ3n) is 3.30. The number of hydrogen-bond acceptors (Lipinski definition) is 2. The lowest BCUT2D eigenvalue weighted by Gasteiger charge is -2.09. The summed E-state index contributed by atoms with van der Waals surface area (Å²) in [4.78, 5) is 0. The van der Waals surface area contributed by atoms with Gasteiger partial charge in [-0.1, -0.05) is 26.0 Å². The van der Waals surface area contributed by atoms with Crippen LogP contribution in [0.4, 0.5) is 0 Å². The summed E-state index contributed by atoms with van der Waals surface area (Å²) in [6.07, 6.45) is 5.62. The van der Waals surface area contributed by atoms with E-state index >= 15 is 0 Å². The largest absolute Gasteiger partial charge is 0.347 e. The molecule has 3 heteroatoms. The maximum atomic E-state index is 3.48. The molecule has 0 aliphatic rings. The summed E-state index contributed by atoms with van der Waals surface area (Å²) in [7, 11) is 0. The molecule has 0 unspecified atom stereocenters. The summed E-state index contributed by atoms with van der Waals surface area (Å²) >= 11 is 1.92. The van der Waals surface area contributed by atoms with E-state index in [1.54, 1.807) is 0 Å². The van der Waals surface area contributed by atoms with Gasteiger partial charge >= 0.3 is 0 Å². The molecule has 2 nitrogen and oxygen atoms in total. The molecular weight excluding hydrogens is 252 g/mol. The fraction of sp³-hybridized carbons (Fsp3) is 0.500. The molecule has 0 atom stereocenters. The second-order valence-corrected chi connectivity index (χ2v) is 6.27. The Kier molecular flexibility index (Phi) is 5.34. The van der Waals surface area contributed by atoms with Gasteiger partial charge in [-0.15, -0.1) is 0 Å². The Morgan fingerprint density at radius 3 is 2.84 bits per heavy atom. The first kappa shape index (κ1) is 14.5. The molecule has 0 saturated carbocycles. The molecular formula is C16H24N2S. The van der Waals surface area contributed by atoms with Crippen molar-refractivity contribution in [3.8, 4) is 0 Å². The molecule has 0 amide bonds. The van der Waals surface area contributed by atoms with Crippen LogP contribution in [0.15, 0.2) is 30.5 Å². The van der Waals surface area contributed by atoms with Gasteiger partial charge in [-0.3, -0.25) is 0 Å². The van der Waals surface area contributed by atoms with Crippen molar-refractivity contribution in [3.63, 3.8) is 0 Å². The quantitative estimate of drug-likeness (QED) is 0.773. The van der Waals surface area contributed by atoms with Gasteiger partial charge in [-0.25, -0.2) is 0 Å². The van der Waals surface area contributed by atoms with E-state index in [9.17, 15) is 0 Å². The fourth-order valence-corrected chi connectivity index (χ4v) is 2.65. The van der Waals surface area contributed by atoms with Gasteiger partial charge in [0.2, 0.25) is 0 Å². The van der Waals surface area contributed by atoms with Crippen LogP contribution in [0.2, 0.25) is 0 Å². The molecule has 2 rings (SSSR count). The third-order valence-corrected chi connectivity index (χ3v) is 4.00. The first-order chi connectivity index (χ1) is 9.20. The van der Waals surface area contributed by atoms with Crippen LogP contribution in [0.1, 0.15) is 25.8 Å². The predicted octanol–water partition coefficient (Wildman–Crippen LogP) is 3.89. The van der Waals surface area contributed by atoms with Crippen molar-refractivity contribution in [1.82, 2.24) is 9.88 Å². The number of aryl methyl sites for hydroxylation is 1. The first-order valence-electron chi connectivity index (χ1n) is 7.01. The van der Waals surface area contributed by atoms with Crippen molar-refractivity contribution in [2.24, 2.45) is 0 Å². The maximum absolute atomic E-state index is 3.48. The molecule has 19 heavy (non-hydrogen) atoms. The minimum absolute atomic E-state index is 0.532. The molecule has 0 aliphatic heterocycles. The van der Waals surface area contributed by atoms with E-state index < -0.39 is 0 Å². The molecule has 104 valence electrons. The SMILES string of the molecule is CSCCCn1ccc2ccc(CNC(C)C)cc21. The summed E-state index contributed by atoms with van der Waals surface area (Å²) in [6, 6.07) is 9.53. The number of aromatic nitrogens is 1. The van der Waals surface area contributed by atoms with Crippen LogP contribution in [0.25, 0.3) is 10.9 Å². The first-order valence-corrected chi connectivity index (χ1v) is 8.40. The Balaban J connectivity index is 2.12. The van der Waals surface area contributed by atoms with Crippen LogP contribution in [-0.4, -0.2) is 22.6 Å². The van der Waals surface area contributed by atoms with Gasteiger partial charge in [0.25, 0.3) is 0 Å². The van der Waals surface area contributed by atoms with E-state index in [4.69, 9.17) is 0 Å². The molecule has 1 aromatic heterocycles. The minimum Gasteiger partial charge on any atom is -0.347 e. The van der Waals surface area contributed by atoms with Crippen molar-refractivity contribution < 1.29 is 0 Å². The van der Waals surface area contributed by atoms with Crippen LogP contribution in [0.5, 0.6) is 0 Å². The molecule has 1 N–H and O–H groups in total. The van der Waals surface area contributed by atoms with E-state index in [2.05, 4.69) is 60.4 Å². The fourth-order valence-electron chi connectivity index (χ4n) is 2.24. The van der Waals surface area contributed by atoms with Crippen molar-refractivity contribution in [3.05, 3.63) is 36.0 Å². The Morgan fingerprint density at radius 2 is 2.11 bits per heavy atom. The monoisotopic (exact) mass is 276 g/mol. The number of hydrogen-bond donors (Lipinski definition) is 1. The second-order valence-electron chi connectivity index (χ2n) is 5.28. The zero-order valence-electron chi connectivity index (χ0n) is 12.1. The number of fused-ring (bicyclic) bond motifs is 1. The average Bonchev–Trinajstić information content (AvgIpc) is 2.79. The molecule has 0 radical (unpaired) electrons. The summed E-state index contributed by atoms with van der Waals surface area (Å²) < 4.78 is 2.38. The van der Waals surface area contributed by atoms with Crippen molar-refractivity contribution in [1.29, 1.82) is 0 Å². The lowest BCUT2D eigenvalue weighted by Crippen LogP contribution is -2.21. The highest BCUT2D eigenvalue weighted by Gasteiger charge is 2.03. The number of nitrogens with zero attached hydrogens (tertiary/aromatic N) is 1. The summed E-state index contributed by atoms with van der Waals surface area (Å²) in [5.74, 6) is 1.23. The molecule has 2 aromatic rings. The van der Waals surface area contributed by atoms with Crippen LogP contribution in [0.3, 0.4) is 0 Å². The molecule has 0 spiro atoms. The lowest BCUT2D eigenvalue weighted by atomic mass is 10.1. The van der Waals surface area contributed by atoms with E-state index in [0.29, 0.717) is 6.04 Å². The van der Waals surface area contributed by atoms with Gasteiger partial charge in [-0.2, -0.15) is 11.8 Å². The van der Waals surface area contributed by atoms with Crippen LogP contribution in [-0.2, 0) is 13.1 Å². The van der Waals surface area contributed by atoms with E-state index in [1.807, 2.05) is 11.8 Å². The molecule has 0 saturated heterocycles. The summed E-state index contributed by atoms with van der Waals surface area (Å²) in [5.41, 5.74) is 2.73. The number of thioether (sulfide) groups is 1. The van der Waals surface area contributed by atoms with E-state index in [-0.39, 0.29) is 0 Å². The van der Waals surface area contributed by atoms with Crippen molar-refractivity contribution in [2.75, 3.05) is 12.0 Å². The molecule has 0 bridgehead atoms. The third kappa shape index (κ3) is 4.02. The second kappa shape index (κ2) is 7.01. The number of nitrogens with one attached hydrogen (secondary N) is 1. The van der Waals surface area contributed by atoms with E-state index in [1.165, 1.54) is 28.6 Å². The van der Waals surface area contributed by atoms with Crippen molar-refractivity contribution >= 4 is 22.7 Å². The topological polar surface area (TPSA) is 17.0 Å². The van der Waals surface area contributed by atoms with Gasteiger partial charge < -0.3 is 9.88 Å². The average molecular weight is 276 g/mol. The predicted molar refractivity (Wildman–Crippen MR) is 86.9 cm³/mol. The molecule has 0 fully saturated rings. The highest BCUT2D eigenvalue weighted by Crippen LogP contribution is 2.18. The van der Waals surface area contributed by atoms with Crippen LogP contribution >= 0.6 is 11.8 Å². The minimum atomic E-state index is 0.532.